The summed E-state index contributed by atoms with van der Waals surface area (Å²) >= 11 is 1.03. The van der Waals surface area contributed by atoms with Gasteiger partial charge in [0.1, 0.15) is 6.07 Å². The van der Waals surface area contributed by atoms with Crippen LogP contribution in [0.2, 0.25) is 0 Å². The first kappa shape index (κ1) is 17.6. The molecule has 9 heteroatoms. The number of carbonyl (C=O) groups excluding carboxylic acids is 1. The predicted octanol–water partition coefficient (Wildman–Crippen LogP) is 1.70. The third-order valence-corrected chi connectivity index (χ3v) is 5.21. The Morgan fingerprint density at radius 2 is 2.11 bits per heavy atom. The van der Waals surface area contributed by atoms with E-state index in [1.807, 2.05) is 6.07 Å². The minimum Gasteiger partial charge on any atom is -0.492 e. The van der Waals surface area contributed by atoms with E-state index in [1.54, 1.807) is 25.1 Å². The van der Waals surface area contributed by atoms with Crippen molar-refractivity contribution in [3.05, 3.63) is 55.8 Å². The summed E-state index contributed by atoms with van der Waals surface area (Å²) in [6, 6.07) is 9.26. The van der Waals surface area contributed by atoms with Crippen LogP contribution in [0.1, 0.15) is 22.9 Å². The summed E-state index contributed by atoms with van der Waals surface area (Å²) in [4.78, 5) is 33.0. The van der Waals surface area contributed by atoms with Crippen LogP contribution in [0, 0.1) is 18.3 Å². The molecule has 1 aromatic carbocycles. The van der Waals surface area contributed by atoms with Crippen molar-refractivity contribution >= 4 is 45.1 Å². The maximum Gasteiger partial charge on any atom is 0.264 e. The van der Waals surface area contributed by atoms with Crippen molar-refractivity contribution in [2.24, 2.45) is 0 Å². The van der Waals surface area contributed by atoms with Crippen molar-refractivity contribution in [1.82, 2.24) is 14.4 Å². The second-order valence-corrected chi connectivity index (χ2v) is 7.15. The van der Waals surface area contributed by atoms with Gasteiger partial charge in [0.15, 0.2) is 10.8 Å². The third-order valence-electron chi connectivity index (χ3n) is 4.30. The van der Waals surface area contributed by atoms with Gasteiger partial charge in [-0.1, -0.05) is 23.5 Å². The van der Waals surface area contributed by atoms with Crippen LogP contribution in [0.5, 0.6) is 5.88 Å². The van der Waals surface area contributed by atoms with Crippen LogP contribution >= 0.6 is 11.3 Å². The van der Waals surface area contributed by atoms with Crippen molar-refractivity contribution in [1.29, 1.82) is 5.26 Å². The lowest BCUT2D eigenvalue weighted by molar-refractivity contribution is -0.114. The lowest BCUT2D eigenvalue weighted by Crippen LogP contribution is -2.34. The van der Waals surface area contributed by atoms with Crippen LogP contribution in [0.25, 0.3) is 22.8 Å². The van der Waals surface area contributed by atoms with Gasteiger partial charge >= 0.3 is 0 Å². The average molecular weight is 391 g/mol. The number of aromatic nitrogens is 3. The summed E-state index contributed by atoms with van der Waals surface area (Å²) in [6.07, 6.45) is 1.48. The molecule has 0 aliphatic rings. The highest BCUT2D eigenvalue weighted by molar-refractivity contribution is 7.16. The number of para-hydroxylation sites is 2. The van der Waals surface area contributed by atoms with Crippen molar-refractivity contribution in [3.8, 4) is 11.9 Å². The normalized spacial score (nSPS) is 11.8. The van der Waals surface area contributed by atoms with E-state index in [0.717, 1.165) is 11.3 Å². The maximum atomic E-state index is 13.2. The number of hydrogen-bond acceptors (Lipinski definition) is 7. The van der Waals surface area contributed by atoms with Gasteiger partial charge in [-0.05, 0) is 30.7 Å². The van der Waals surface area contributed by atoms with Crippen molar-refractivity contribution in [3.63, 3.8) is 0 Å². The third kappa shape index (κ3) is 2.67. The van der Waals surface area contributed by atoms with Crippen LogP contribution < -0.4 is 16.1 Å². The van der Waals surface area contributed by atoms with Gasteiger partial charge in [0.25, 0.3) is 5.56 Å². The van der Waals surface area contributed by atoms with Crippen LogP contribution in [-0.2, 0) is 4.79 Å². The molecular weight excluding hydrogens is 378 g/mol. The van der Waals surface area contributed by atoms with Gasteiger partial charge in [0.05, 0.1) is 21.5 Å². The molecule has 0 fully saturated rings. The van der Waals surface area contributed by atoms with Gasteiger partial charge < -0.3 is 10.4 Å². The van der Waals surface area contributed by atoms with E-state index >= 15 is 0 Å². The van der Waals surface area contributed by atoms with Crippen molar-refractivity contribution < 1.29 is 9.90 Å². The van der Waals surface area contributed by atoms with E-state index in [4.69, 9.17) is 0 Å². The largest absolute Gasteiger partial charge is 0.492 e. The summed E-state index contributed by atoms with van der Waals surface area (Å²) in [5.41, 5.74) is 1.91. The SMILES string of the molecule is CC(=O)Nc1nc(O)c(C=c2c(C)c(C#N)c3nc4ccccc4n3c2=O)s1. The van der Waals surface area contributed by atoms with Gasteiger partial charge in [-0.15, -0.1) is 0 Å². The zero-order valence-corrected chi connectivity index (χ0v) is 15.7. The number of fused-ring (bicyclic) bond motifs is 3. The van der Waals surface area contributed by atoms with E-state index in [1.165, 1.54) is 17.4 Å². The number of hydrogen-bond donors (Lipinski definition) is 2. The summed E-state index contributed by atoms with van der Waals surface area (Å²) in [5.74, 6) is -0.624. The topological polar surface area (TPSA) is 120 Å². The van der Waals surface area contributed by atoms with Crippen LogP contribution in [0.4, 0.5) is 5.13 Å². The quantitative estimate of drug-likeness (QED) is 0.537. The Kier molecular flexibility index (Phi) is 4.05. The molecule has 8 nitrogen and oxygen atoms in total. The number of benzene rings is 1. The molecule has 138 valence electrons. The fraction of sp³-hybridized carbons (Fsp3) is 0.105. The minimum absolute atomic E-state index is 0.219. The molecule has 0 radical (unpaired) electrons. The van der Waals surface area contributed by atoms with Crippen LogP contribution in [-0.4, -0.2) is 25.4 Å². The second kappa shape index (κ2) is 6.44. The molecule has 1 amide bonds. The molecule has 0 atom stereocenters. The number of amides is 1. The molecule has 0 spiro atoms. The number of anilines is 1. The highest BCUT2D eigenvalue weighted by Crippen LogP contribution is 2.28. The van der Waals surface area contributed by atoms with Gasteiger partial charge in [0.2, 0.25) is 11.8 Å². The minimum atomic E-state index is -0.353. The molecule has 3 heterocycles. The zero-order chi connectivity index (χ0) is 20.0. The molecule has 4 aromatic rings. The number of nitrogens with zero attached hydrogens (tertiary/aromatic N) is 4. The Morgan fingerprint density at radius 3 is 2.82 bits per heavy atom. The molecule has 3 aromatic heterocycles. The first-order valence-electron chi connectivity index (χ1n) is 8.23. The lowest BCUT2D eigenvalue weighted by atomic mass is 10.1. The Morgan fingerprint density at radius 1 is 1.36 bits per heavy atom. The number of pyridine rings is 1. The molecule has 0 saturated heterocycles. The van der Waals surface area contributed by atoms with Crippen molar-refractivity contribution in [2.75, 3.05) is 5.32 Å². The first-order chi connectivity index (χ1) is 13.4. The number of nitrogens with one attached hydrogen (secondary N) is 1. The number of rotatable bonds is 2. The van der Waals surface area contributed by atoms with E-state index in [-0.39, 0.29) is 33.3 Å². The second-order valence-electron chi connectivity index (χ2n) is 6.12. The zero-order valence-electron chi connectivity index (χ0n) is 14.8. The van der Waals surface area contributed by atoms with E-state index in [0.29, 0.717) is 27.1 Å². The summed E-state index contributed by atoms with van der Waals surface area (Å²) in [5, 5.41) is 22.7. The smallest absolute Gasteiger partial charge is 0.264 e. The standard InChI is InChI=1S/C19H13N5O3S/c1-9-11(7-15-17(26)23-19(28-15)21-10(2)25)18(27)24-14-6-4-3-5-13(14)22-16(24)12(9)8-20/h3-7,26H,1-2H3,(H,21,23,25). The summed E-state index contributed by atoms with van der Waals surface area (Å²) < 4.78 is 1.40. The molecule has 0 aliphatic heterocycles. The van der Waals surface area contributed by atoms with Crippen LogP contribution in [0.15, 0.2) is 29.1 Å². The van der Waals surface area contributed by atoms with Gasteiger partial charge in [0, 0.05) is 12.1 Å². The van der Waals surface area contributed by atoms with E-state index in [2.05, 4.69) is 21.4 Å². The van der Waals surface area contributed by atoms with Gasteiger partial charge in [-0.3, -0.25) is 14.0 Å². The highest BCUT2D eigenvalue weighted by atomic mass is 32.1. The van der Waals surface area contributed by atoms with Gasteiger partial charge in [-0.25, -0.2) is 4.98 Å². The molecule has 4 rings (SSSR count). The number of aromatic hydroxyl groups is 1. The van der Waals surface area contributed by atoms with Crippen LogP contribution in [0.3, 0.4) is 0 Å². The molecule has 0 aliphatic carbocycles. The molecule has 0 saturated carbocycles. The predicted molar refractivity (Wildman–Crippen MR) is 105 cm³/mol. The summed E-state index contributed by atoms with van der Waals surface area (Å²) in [7, 11) is 0. The Hall–Kier alpha value is -3.77. The molecule has 2 N–H and O–H groups in total. The number of nitriles is 1. The number of carbonyl (C=O) groups is 1. The van der Waals surface area contributed by atoms with Crippen molar-refractivity contribution in [2.45, 2.75) is 13.8 Å². The Bertz CT molecular complexity index is 1430. The average Bonchev–Trinajstić information content (AvgIpc) is 3.18. The number of imidazole rings is 1. The fourth-order valence-electron chi connectivity index (χ4n) is 3.04. The van der Waals surface area contributed by atoms with E-state index in [9.17, 15) is 20.0 Å². The molecular formula is C19H13N5O3S. The fourth-order valence-corrected chi connectivity index (χ4v) is 3.89. The molecule has 0 unspecified atom stereocenters. The monoisotopic (exact) mass is 391 g/mol. The molecule has 0 bridgehead atoms. The maximum absolute atomic E-state index is 13.2. The number of thiazole rings is 1. The Labute approximate surface area is 162 Å². The lowest BCUT2D eigenvalue weighted by Gasteiger charge is -2.02. The summed E-state index contributed by atoms with van der Waals surface area (Å²) in [6.45, 7) is 3.00. The van der Waals surface area contributed by atoms with Gasteiger partial charge in [-0.2, -0.15) is 10.2 Å². The molecule has 28 heavy (non-hydrogen) atoms. The Balaban J connectivity index is 2.08. The highest BCUT2D eigenvalue weighted by Gasteiger charge is 2.17. The van der Waals surface area contributed by atoms with E-state index < -0.39 is 0 Å². The first-order valence-corrected chi connectivity index (χ1v) is 9.05.